The molecular weight excluding hydrogens is 280 g/mol. The lowest BCUT2D eigenvalue weighted by atomic mass is 10.1. The number of aliphatic hydroxyl groups excluding tert-OH is 1. The van der Waals surface area contributed by atoms with Gasteiger partial charge in [-0.05, 0) is 31.0 Å². The van der Waals surface area contributed by atoms with Crippen LogP contribution in [0.5, 0.6) is 11.5 Å². The quantitative estimate of drug-likeness (QED) is 0.860. The summed E-state index contributed by atoms with van der Waals surface area (Å²) in [5.41, 5.74) is 0.283. The van der Waals surface area contributed by atoms with Gasteiger partial charge in [-0.3, -0.25) is 9.78 Å². The third-order valence-electron chi connectivity index (χ3n) is 3.44. The molecule has 0 spiro atoms. The zero-order valence-electron chi connectivity index (χ0n) is 12.7. The molecule has 0 aliphatic heterocycles. The zero-order chi connectivity index (χ0) is 15.9. The van der Waals surface area contributed by atoms with Crippen LogP contribution in [0.1, 0.15) is 24.3 Å². The Hall–Kier alpha value is -2.40. The third-order valence-corrected chi connectivity index (χ3v) is 3.44. The molecule has 0 saturated heterocycles. The maximum absolute atomic E-state index is 12.2. The Morgan fingerprint density at radius 1 is 1.23 bits per heavy atom. The summed E-state index contributed by atoms with van der Waals surface area (Å²) in [6.45, 7) is 3.74. The first-order valence-electron chi connectivity index (χ1n) is 7.21. The maximum Gasteiger partial charge on any atom is 0.270 e. The fourth-order valence-corrected chi connectivity index (χ4v) is 1.80. The van der Waals surface area contributed by atoms with E-state index in [-0.39, 0.29) is 30.2 Å². The van der Waals surface area contributed by atoms with Crippen LogP contribution in [0.15, 0.2) is 48.7 Å². The van der Waals surface area contributed by atoms with E-state index < -0.39 is 0 Å². The Kier molecular flexibility index (Phi) is 5.49. The predicted molar refractivity (Wildman–Crippen MR) is 83.9 cm³/mol. The summed E-state index contributed by atoms with van der Waals surface area (Å²) in [6.07, 6.45) is 1.54. The molecule has 0 aliphatic carbocycles. The molecule has 5 heteroatoms. The number of amides is 1. The van der Waals surface area contributed by atoms with Crippen LogP contribution in [0.3, 0.4) is 0 Å². The van der Waals surface area contributed by atoms with Crippen LogP contribution in [0.25, 0.3) is 0 Å². The monoisotopic (exact) mass is 300 g/mol. The molecule has 2 atom stereocenters. The van der Waals surface area contributed by atoms with Crippen LogP contribution in [0, 0.1) is 5.92 Å². The van der Waals surface area contributed by atoms with Gasteiger partial charge in [0.1, 0.15) is 17.2 Å². The molecule has 1 heterocycles. The smallest absolute Gasteiger partial charge is 0.270 e. The first kappa shape index (κ1) is 16.0. The molecule has 1 aromatic heterocycles. The molecule has 5 nitrogen and oxygen atoms in total. The van der Waals surface area contributed by atoms with E-state index in [0.717, 1.165) is 0 Å². The molecule has 0 aliphatic rings. The number of carbonyl (C=O) groups excluding carboxylic acids is 1. The van der Waals surface area contributed by atoms with Crippen LogP contribution in [-0.2, 0) is 0 Å². The highest BCUT2D eigenvalue weighted by molar-refractivity contribution is 5.92. The summed E-state index contributed by atoms with van der Waals surface area (Å²) < 4.78 is 5.68. The number of ether oxygens (including phenoxy) is 1. The molecule has 22 heavy (non-hydrogen) atoms. The van der Waals surface area contributed by atoms with Crippen molar-refractivity contribution >= 4 is 5.91 Å². The number of hydrogen-bond acceptors (Lipinski definition) is 4. The highest BCUT2D eigenvalue weighted by Crippen LogP contribution is 2.20. The minimum atomic E-state index is -0.286. The van der Waals surface area contributed by atoms with Gasteiger partial charge in [-0.15, -0.1) is 0 Å². The Morgan fingerprint density at radius 2 is 1.95 bits per heavy atom. The highest BCUT2D eigenvalue weighted by atomic mass is 16.5. The van der Waals surface area contributed by atoms with E-state index in [0.29, 0.717) is 11.5 Å². The van der Waals surface area contributed by atoms with E-state index in [1.807, 2.05) is 44.2 Å². The van der Waals surface area contributed by atoms with E-state index in [2.05, 4.69) is 10.3 Å². The Bertz CT molecular complexity index is 616. The molecule has 0 fully saturated rings. The molecule has 2 N–H and O–H groups in total. The highest BCUT2D eigenvalue weighted by Gasteiger charge is 2.16. The largest absolute Gasteiger partial charge is 0.457 e. The van der Waals surface area contributed by atoms with Crippen molar-refractivity contribution in [3.8, 4) is 11.5 Å². The lowest BCUT2D eigenvalue weighted by Gasteiger charge is -2.19. The Balaban J connectivity index is 2.06. The molecule has 0 saturated carbocycles. The zero-order valence-corrected chi connectivity index (χ0v) is 12.7. The van der Waals surface area contributed by atoms with Crippen molar-refractivity contribution < 1.29 is 14.6 Å². The Morgan fingerprint density at radius 3 is 2.64 bits per heavy atom. The van der Waals surface area contributed by atoms with Crippen molar-refractivity contribution in [1.29, 1.82) is 0 Å². The van der Waals surface area contributed by atoms with Gasteiger partial charge in [0.25, 0.3) is 5.91 Å². The lowest BCUT2D eigenvalue weighted by molar-refractivity contribution is 0.0911. The fraction of sp³-hybridized carbons (Fsp3) is 0.294. The number of aromatic nitrogens is 1. The topological polar surface area (TPSA) is 71.5 Å². The van der Waals surface area contributed by atoms with Crippen LogP contribution in [-0.4, -0.2) is 28.6 Å². The molecule has 116 valence electrons. The minimum absolute atomic E-state index is 0.0199. The number of nitrogens with zero attached hydrogens (tertiary/aromatic N) is 1. The van der Waals surface area contributed by atoms with Crippen molar-refractivity contribution in [3.05, 3.63) is 54.4 Å². The second kappa shape index (κ2) is 7.56. The van der Waals surface area contributed by atoms with E-state index in [1.165, 1.54) is 6.20 Å². The Labute approximate surface area is 130 Å². The summed E-state index contributed by atoms with van der Waals surface area (Å²) >= 11 is 0. The number of rotatable bonds is 6. The molecule has 1 amide bonds. The third kappa shape index (κ3) is 4.30. The molecule has 0 bridgehead atoms. The SMILES string of the molecule is CC(CO)C(C)NC(=O)c1cc(Oc2ccccc2)ccn1. The van der Waals surface area contributed by atoms with Gasteiger partial charge in [-0.2, -0.15) is 0 Å². The van der Waals surface area contributed by atoms with Crippen molar-refractivity contribution in [2.24, 2.45) is 5.92 Å². The molecule has 0 radical (unpaired) electrons. The van der Waals surface area contributed by atoms with Crippen molar-refractivity contribution in [1.82, 2.24) is 10.3 Å². The molecule has 2 aromatic rings. The van der Waals surface area contributed by atoms with E-state index in [1.54, 1.807) is 12.1 Å². The van der Waals surface area contributed by atoms with Gasteiger partial charge in [-0.25, -0.2) is 0 Å². The number of benzene rings is 1. The van der Waals surface area contributed by atoms with Gasteiger partial charge in [0.15, 0.2) is 0 Å². The minimum Gasteiger partial charge on any atom is -0.457 e. The normalized spacial score (nSPS) is 13.2. The molecule has 1 aromatic carbocycles. The van der Waals surface area contributed by atoms with Gasteiger partial charge in [0, 0.05) is 24.9 Å². The van der Waals surface area contributed by atoms with Gasteiger partial charge >= 0.3 is 0 Å². The number of para-hydroxylation sites is 1. The number of pyridine rings is 1. The first-order chi connectivity index (χ1) is 10.6. The standard InChI is InChI=1S/C17H20N2O3/c1-12(11-20)13(2)19-17(21)16-10-15(8-9-18-16)22-14-6-4-3-5-7-14/h3-10,12-13,20H,11H2,1-2H3,(H,19,21). The number of carbonyl (C=O) groups is 1. The van der Waals surface area contributed by atoms with Crippen molar-refractivity contribution in [2.45, 2.75) is 19.9 Å². The molecule has 2 rings (SSSR count). The number of hydrogen-bond donors (Lipinski definition) is 2. The van der Waals surface area contributed by atoms with Crippen LogP contribution < -0.4 is 10.1 Å². The van der Waals surface area contributed by atoms with Crippen molar-refractivity contribution in [2.75, 3.05) is 6.61 Å². The predicted octanol–water partition coefficient (Wildman–Crippen LogP) is 2.62. The summed E-state index contributed by atoms with van der Waals surface area (Å²) in [4.78, 5) is 16.2. The summed E-state index contributed by atoms with van der Waals surface area (Å²) in [5, 5.41) is 11.9. The average Bonchev–Trinajstić information content (AvgIpc) is 2.55. The van der Waals surface area contributed by atoms with Gasteiger partial charge in [0.2, 0.25) is 0 Å². The van der Waals surface area contributed by atoms with E-state index in [4.69, 9.17) is 9.84 Å². The number of nitrogens with one attached hydrogen (secondary N) is 1. The summed E-state index contributed by atoms with van der Waals surface area (Å²) in [6, 6.07) is 12.5. The van der Waals surface area contributed by atoms with Gasteiger partial charge in [0.05, 0.1) is 0 Å². The molecule has 2 unspecified atom stereocenters. The van der Waals surface area contributed by atoms with Crippen molar-refractivity contribution in [3.63, 3.8) is 0 Å². The van der Waals surface area contributed by atoms with E-state index in [9.17, 15) is 4.79 Å². The second-order valence-electron chi connectivity index (χ2n) is 5.21. The van der Waals surface area contributed by atoms with Crippen LogP contribution >= 0.6 is 0 Å². The lowest BCUT2D eigenvalue weighted by Crippen LogP contribution is -2.38. The first-order valence-corrected chi connectivity index (χ1v) is 7.21. The van der Waals surface area contributed by atoms with Gasteiger partial charge in [-0.1, -0.05) is 25.1 Å². The van der Waals surface area contributed by atoms with E-state index >= 15 is 0 Å². The fourth-order valence-electron chi connectivity index (χ4n) is 1.80. The summed E-state index contributed by atoms with van der Waals surface area (Å²) in [7, 11) is 0. The average molecular weight is 300 g/mol. The van der Waals surface area contributed by atoms with Gasteiger partial charge < -0.3 is 15.2 Å². The molecular formula is C17H20N2O3. The van der Waals surface area contributed by atoms with Crippen LogP contribution in [0.2, 0.25) is 0 Å². The number of aliphatic hydroxyl groups is 1. The second-order valence-corrected chi connectivity index (χ2v) is 5.21. The van der Waals surface area contributed by atoms with Crippen LogP contribution in [0.4, 0.5) is 0 Å². The summed E-state index contributed by atoms with van der Waals surface area (Å²) in [5.74, 6) is 0.940. The maximum atomic E-state index is 12.2.